The smallest absolute Gasteiger partial charge is 0.410 e. The molecule has 174 valence electrons. The van der Waals surface area contributed by atoms with Gasteiger partial charge in [0.05, 0.1) is 12.5 Å². The molecular weight excluding hydrogens is 422 g/mol. The maximum atomic E-state index is 12.4. The van der Waals surface area contributed by atoms with Gasteiger partial charge in [0.15, 0.2) is 0 Å². The van der Waals surface area contributed by atoms with Crippen LogP contribution in [0.3, 0.4) is 0 Å². The second-order valence-electron chi connectivity index (χ2n) is 8.39. The van der Waals surface area contributed by atoms with Crippen molar-refractivity contribution >= 4 is 23.7 Å². The van der Waals surface area contributed by atoms with Crippen LogP contribution in [0.5, 0.6) is 0 Å². The van der Waals surface area contributed by atoms with Gasteiger partial charge in [0.2, 0.25) is 5.91 Å². The number of anilines is 1. The zero-order chi connectivity index (χ0) is 23.2. The molecule has 0 aromatic heterocycles. The van der Waals surface area contributed by atoms with E-state index >= 15 is 0 Å². The minimum absolute atomic E-state index is 0.136. The lowest BCUT2D eigenvalue weighted by molar-refractivity contribution is -0.142. The van der Waals surface area contributed by atoms with E-state index in [0.29, 0.717) is 39.1 Å². The summed E-state index contributed by atoms with van der Waals surface area (Å²) in [7, 11) is 0. The van der Waals surface area contributed by atoms with Gasteiger partial charge >= 0.3 is 12.1 Å². The second-order valence-corrected chi connectivity index (χ2v) is 8.39. The standard InChI is InChI=1S/C25H29N3O5/c1-18(29)26-16-22-15-23(24(30)33-22)20-7-9-21(10-8-20)27-11-13-28(14-12-27)25(31)32-17-19-5-3-2-4-6-19/h2-10,22-23H,11-17H2,1H3,(H,26,29)/t22?,23-/m1/s1. The molecule has 2 saturated heterocycles. The Bertz CT molecular complexity index is 971. The summed E-state index contributed by atoms with van der Waals surface area (Å²) in [5.74, 6) is -0.696. The van der Waals surface area contributed by atoms with Gasteiger partial charge in [-0.15, -0.1) is 0 Å². The summed E-state index contributed by atoms with van der Waals surface area (Å²) < 4.78 is 10.8. The molecule has 4 rings (SSSR count). The van der Waals surface area contributed by atoms with Crippen molar-refractivity contribution in [2.45, 2.75) is 32.0 Å². The zero-order valence-corrected chi connectivity index (χ0v) is 18.7. The van der Waals surface area contributed by atoms with Gasteiger partial charge in [-0.1, -0.05) is 42.5 Å². The fourth-order valence-electron chi connectivity index (χ4n) is 4.18. The molecular formula is C25H29N3O5. The predicted molar refractivity (Wildman–Crippen MR) is 123 cm³/mol. The number of amides is 2. The van der Waals surface area contributed by atoms with E-state index in [-0.39, 0.29) is 36.6 Å². The molecule has 2 heterocycles. The lowest BCUT2D eigenvalue weighted by atomic mass is 9.95. The maximum Gasteiger partial charge on any atom is 0.410 e. The van der Waals surface area contributed by atoms with Crippen LogP contribution in [0, 0.1) is 0 Å². The van der Waals surface area contributed by atoms with Crippen LogP contribution >= 0.6 is 0 Å². The maximum absolute atomic E-state index is 12.4. The van der Waals surface area contributed by atoms with Crippen LogP contribution in [0.2, 0.25) is 0 Å². The fraction of sp³-hybridized carbons (Fsp3) is 0.400. The minimum atomic E-state index is -0.311. The van der Waals surface area contributed by atoms with Gasteiger partial charge in [0.1, 0.15) is 12.7 Å². The molecule has 8 heteroatoms. The highest BCUT2D eigenvalue weighted by Gasteiger charge is 2.35. The van der Waals surface area contributed by atoms with Crippen molar-refractivity contribution < 1.29 is 23.9 Å². The van der Waals surface area contributed by atoms with Gasteiger partial charge in [-0.3, -0.25) is 9.59 Å². The monoisotopic (exact) mass is 451 g/mol. The molecule has 2 aromatic rings. The number of cyclic esters (lactones) is 1. The van der Waals surface area contributed by atoms with Crippen molar-refractivity contribution in [2.75, 3.05) is 37.6 Å². The predicted octanol–water partition coefficient (Wildman–Crippen LogP) is 2.68. The Kier molecular flexibility index (Phi) is 7.12. The molecule has 2 aliphatic heterocycles. The largest absolute Gasteiger partial charge is 0.460 e. The first-order valence-corrected chi connectivity index (χ1v) is 11.2. The van der Waals surface area contributed by atoms with Gasteiger partial charge < -0.3 is 24.6 Å². The van der Waals surface area contributed by atoms with Crippen LogP contribution in [-0.4, -0.2) is 61.7 Å². The number of nitrogens with zero attached hydrogens (tertiary/aromatic N) is 2. The number of benzene rings is 2. The number of piperazine rings is 1. The van der Waals surface area contributed by atoms with Crippen molar-refractivity contribution in [1.29, 1.82) is 0 Å². The Balaban J connectivity index is 1.26. The molecule has 2 fully saturated rings. The molecule has 33 heavy (non-hydrogen) atoms. The van der Waals surface area contributed by atoms with Crippen LogP contribution in [0.1, 0.15) is 30.4 Å². The SMILES string of the molecule is CC(=O)NCC1C[C@H](c2ccc(N3CCN(C(=O)OCc4ccccc4)CC3)cc2)C(=O)O1. The van der Waals surface area contributed by atoms with Crippen LogP contribution < -0.4 is 10.2 Å². The summed E-state index contributed by atoms with van der Waals surface area (Å²) in [5, 5.41) is 2.70. The molecule has 0 bridgehead atoms. The second kappa shape index (κ2) is 10.4. The summed E-state index contributed by atoms with van der Waals surface area (Å²) in [6.45, 7) is 4.67. The average molecular weight is 452 g/mol. The van der Waals surface area contributed by atoms with E-state index in [1.165, 1.54) is 6.92 Å². The number of nitrogens with one attached hydrogen (secondary N) is 1. The molecule has 0 aliphatic carbocycles. The zero-order valence-electron chi connectivity index (χ0n) is 18.7. The summed E-state index contributed by atoms with van der Waals surface area (Å²) in [4.78, 5) is 39.7. The molecule has 1 unspecified atom stereocenters. The van der Waals surface area contributed by atoms with Gasteiger partial charge in [-0.2, -0.15) is 0 Å². The Labute approximate surface area is 193 Å². The van der Waals surface area contributed by atoms with Crippen molar-refractivity contribution in [3.8, 4) is 0 Å². The average Bonchev–Trinajstić information content (AvgIpc) is 3.22. The molecule has 2 amide bonds. The van der Waals surface area contributed by atoms with Crippen LogP contribution in [0.25, 0.3) is 0 Å². The lowest BCUT2D eigenvalue weighted by Gasteiger charge is -2.35. The third-order valence-electron chi connectivity index (χ3n) is 6.05. The number of hydrogen-bond donors (Lipinski definition) is 1. The minimum Gasteiger partial charge on any atom is -0.460 e. The Morgan fingerprint density at radius 3 is 2.39 bits per heavy atom. The van der Waals surface area contributed by atoms with E-state index in [1.54, 1.807) is 4.90 Å². The van der Waals surface area contributed by atoms with E-state index in [0.717, 1.165) is 16.8 Å². The molecule has 2 aliphatic rings. The third-order valence-corrected chi connectivity index (χ3v) is 6.05. The summed E-state index contributed by atoms with van der Waals surface area (Å²) in [6, 6.07) is 17.6. The number of esters is 1. The number of ether oxygens (including phenoxy) is 2. The Morgan fingerprint density at radius 1 is 1.03 bits per heavy atom. The van der Waals surface area contributed by atoms with E-state index in [2.05, 4.69) is 10.2 Å². The van der Waals surface area contributed by atoms with Crippen molar-refractivity contribution in [2.24, 2.45) is 0 Å². The topological polar surface area (TPSA) is 88.2 Å². The first kappa shape index (κ1) is 22.6. The number of carbonyl (C=O) groups excluding carboxylic acids is 3. The molecule has 0 spiro atoms. The number of carbonyl (C=O) groups is 3. The fourth-order valence-corrected chi connectivity index (χ4v) is 4.18. The van der Waals surface area contributed by atoms with Gasteiger partial charge in [0, 0.05) is 45.2 Å². The highest BCUT2D eigenvalue weighted by molar-refractivity contribution is 5.80. The number of hydrogen-bond acceptors (Lipinski definition) is 6. The highest BCUT2D eigenvalue weighted by atomic mass is 16.6. The van der Waals surface area contributed by atoms with Gasteiger partial charge in [-0.25, -0.2) is 4.79 Å². The molecule has 2 aromatic carbocycles. The Hall–Kier alpha value is -3.55. The normalized spacial score (nSPS) is 20.3. The van der Waals surface area contributed by atoms with E-state index < -0.39 is 0 Å². The van der Waals surface area contributed by atoms with Crippen LogP contribution in [0.15, 0.2) is 54.6 Å². The van der Waals surface area contributed by atoms with Gasteiger partial charge in [0.25, 0.3) is 0 Å². The van der Waals surface area contributed by atoms with Gasteiger partial charge in [-0.05, 0) is 23.3 Å². The first-order chi connectivity index (χ1) is 16.0. The molecule has 2 atom stereocenters. The van der Waals surface area contributed by atoms with Crippen molar-refractivity contribution in [3.05, 3.63) is 65.7 Å². The van der Waals surface area contributed by atoms with Crippen LogP contribution in [0.4, 0.5) is 10.5 Å². The van der Waals surface area contributed by atoms with Crippen molar-refractivity contribution in [1.82, 2.24) is 10.2 Å². The lowest BCUT2D eigenvalue weighted by Crippen LogP contribution is -2.48. The van der Waals surface area contributed by atoms with Crippen LogP contribution in [-0.2, 0) is 25.7 Å². The Morgan fingerprint density at radius 2 is 1.73 bits per heavy atom. The molecule has 1 N–H and O–H groups in total. The quantitative estimate of drug-likeness (QED) is 0.680. The highest BCUT2D eigenvalue weighted by Crippen LogP contribution is 2.32. The molecule has 0 radical (unpaired) electrons. The summed E-state index contributed by atoms with van der Waals surface area (Å²) in [6.07, 6.45) is -0.0226. The van der Waals surface area contributed by atoms with E-state index in [1.807, 2.05) is 54.6 Å². The van der Waals surface area contributed by atoms with Crippen molar-refractivity contribution in [3.63, 3.8) is 0 Å². The molecule has 8 nitrogen and oxygen atoms in total. The third kappa shape index (κ3) is 5.83. The van der Waals surface area contributed by atoms with E-state index in [4.69, 9.17) is 9.47 Å². The first-order valence-electron chi connectivity index (χ1n) is 11.2. The molecule has 0 saturated carbocycles. The van der Waals surface area contributed by atoms with E-state index in [9.17, 15) is 14.4 Å². The number of rotatable bonds is 6. The summed E-state index contributed by atoms with van der Waals surface area (Å²) in [5.41, 5.74) is 2.94. The summed E-state index contributed by atoms with van der Waals surface area (Å²) >= 11 is 0.